The topological polar surface area (TPSA) is 78.6 Å². The molecule has 1 aromatic carbocycles. The lowest BCUT2D eigenvalue weighted by molar-refractivity contribution is -0.152. The van der Waals surface area contributed by atoms with Gasteiger partial charge in [0.25, 0.3) is 0 Å². The summed E-state index contributed by atoms with van der Waals surface area (Å²) in [5.41, 5.74) is 4.94. The zero-order valence-corrected chi connectivity index (χ0v) is 11.2. The number of ether oxygens (including phenoxy) is 2. The number of hydrogen-bond acceptors (Lipinski definition) is 5. The fourth-order valence-electron chi connectivity index (χ4n) is 1.17. The summed E-state index contributed by atoms with van der Waals surface area (Å²) in [6.07, 6.45) is 0. The molecule has 5 nitrogen and oxygen atoms in total. The van der Waals surface area contributed by atoms with Gasteiger partial charge in [-0.1, -0.05) is 12.6 Å². The molecule has 1 aromatic rings. The van der Waals surface area contributed by atoms with Crippen LogP contribution in [0.25, 0.3) is 0 Å². The van der Waals surface area contributed by atoms with E-state index < -0.39 is 17.5 Å². The number of rotatable bonds is 3. The Morgan fingerprint density at radius 1 is 1.21 bits per heavy atom. The van der Waals surface area contributed by atoms with E-state index in [1.807, 2.05) is 0 Å². The second kappa shape index (κ2) is 5.56. The van der Waals surface area contributed by atoms with E-state index in [-0.39, 0.29) is 11.3 Å². The first-order valence-electron chi connectivity index (χ1n) is 5.69. The van der Waals surface area contributed by atoms with Gasteiger partial charge in [0.1, 0.15) is 16.9 Å². The Labute approximate surface area is 112 Å². The van der Waals surface area contributed by atoms with E-state index in [1.54, 1.807) is 39.0 Å². The van der Waals surface area contributed by atoms with E-state index in [1.165, 1.54) is 6.07 Å². The minimum atomic E-state index is -0.861. The third-order valence-corrected chi connectivity index (χ3v) is 1.96. The van der Waals surface area contributed by atoms with Crippen molar-refractivity contribution in [2.75, 3.05) is 5.73 Å². The molecule has 0 aliphatic heterocycles. The van der Waals surface area contributed by atoms with E-state index in [9.17, 15) is 9.59 Å². The Kier molecular flexibility index (Phi) is 4.32. The molecule has 0 unspecified atom stereocenters. The largest absolute Gasteiger partial charge is 0.456 e. The van der Waals surface area contributed by atoms with E-state index in [0.29, 0.717) is 5.69 Å². The van der Waals surface area contributed by atoms with Crippen molar-refractivity contribution < 1.29 is 19.1 Å². The molecule has 0 heterocycles. The van der Waals surface area contributed by atoms with Gasteiger partial charge in [-0.2, -0.15) is 0 Å². The molecule has 2 N–H and O–H groups in total. The van der Waals surface area contributed by atoms with E-state index in [0.717, 1.165) is 0 Å². The molecule has 0 bridgehead atoms. The van der Waals surface area contributed by atoms with Gasteiger partial charge < -0.3 is 15.2 Å². The van der Waals surface area contributed by atoms with Crippen LogP contribution in [0.4, 0.5) is 5.69 Å². The average Bonchev–Trinajstić information content (AvgIpc) is 2.25. The van der Waals surface area contributed by atoms with Crippen molar-refractivity contribution in [1.29, 1.82) is 0 Å². The first kappa shape index (κ1) is 14.8. The Balaban J connectivity index is 2.68. The number of anilines is 1. The lowest BCUT2D eigenvalue weighted by atomic mass is 10.2. The molecule has 0 fully saturated rings. The summed E-state index contributed by atoms with van der Waals surface area (Å²) in [5.74, 6) is -1.42. The second-order valence-corrected chi connectivity index (χ2v) is 4.94. The van der Waals surface area contributed by atoms with Crippen molar-refractivity contribution in [3.8, 4) is 5.75 Å². The van der Waals surface area contributed by atoms with Crippen LogP contribution >= 0.6 is 0 Å². The van der Waals surface area contributed by atoms with Gasteiger partial charge in [0.2, 0.25) is 0 Å². The number of benzene rings is 1. The smallest absolute Gasteiger partial charge is 0.350 e. The summed E-state index contributed by atoms with van der Waals surface area (Å²) in [4.78, 5) is 23.3. The maximum atomic E-state index is 11.7. The molecule has 0 saturated carbocycles. The van der Waals surface area contributed by atoms with E-state index in [2.05, 4.69) is 6.58 Å². The molecule has 0 aliphatic rings. The van der Waals surface area contributed by atoms with Crippen LogP contribution in [0.15, 0.2) is 36.4 Å². The van der Waals surface area contributed by atoms with Crippen LogP contribution in [-0.2, 0) is 14.3 Å². The number of carbonyl (C=O) groups excluding carboxylic acids is 2. The van der Waals surface area contributed by atoms with Crippen molar-refractivity contribution in [2.45, 2.75) is 26.4 Å². The zero-order valence-electron chi connectivity index (χ0n) is 11.2. The van der Waals surface area contributed by atoms with Crippen LogP contribution in [0.1, 0.15) is 20.8 Å². The summed E-state index contributed by atoms with van der Waals surface area (Å²) < 4.78 is 9.99. The maximum Gasteiger partial charge on any atom is 0.350 e. The van der Waals surface area contributed by atoms with Crippen molar-refractivity contribution in [3.63, 3.8) is 0 Å². The maximum absolute atomic E-state index is 11.7. The molecular formula is C14H17NO4. The molecule has 0 atom stereocenters. The van der Waals surface area contributed by atoms with Gasteiger partial charge in [-0.25, -0.2) is 9.59 Å². The Hall–Kier alpha value is -2.30. The molecule has 0 aromatic heterocycles. The number of hydrogen-bond donors (Lipinski definition) is 1. The minimum absolute atomic E-state index is 0.245. The molecule has 0 amide bonds. The molecule has 5 heteroatoms. The SMILES string of the molecule is C=C(C(=O)Oc1cccc(N)c1)C(=O)OC(C)(C)C. The lowest BCUT2D eigenvalue weighted by Gasteiger charge is -2.19. The normalized spacial score (nSPS) is 10.7. The van der Waals surface area contributed by atoms with Crippen LogP contribution in [0.5, 0.6) is 5.75 Å². The van der Waals surface area contributed by atoms with Crippen LogP contribution in [0.2, 0.25) is 0 Å². The highest BCUT2D eigenvalue weighted by atomic mass is 16.6. The van der Waals surface area contributed by atoms with Crippen LogP contribution in [0, 0.1) is 0 Å². The highest BCUT2D eigenvalue weighted by Crippen LogP contribution is 2.17. The van der Waals surface area contributed by atoms with E-state index >= 15 is 0 Å². The van der Waals surface area contributed by atoms with Gasteiger partial charge in [0, 0.05) is 11.8 Å². The predicted octanol–water partition coefficient (Wildman–Crippen LogP) is 2.07. The van der Waals surface area contributed by atoms with Gasteiger partial charge in [-0.15, -0.1) is 0 Å². The van der Waals surface area contributed by atoms with Gasteiger partial charge in [-0.05, 0) is 32.9 Å². The van der Waals surface area contributed by atoms with Gasteiger partial charge in [-0.3, -0.25) is 0 Å². The first-order chi connectivity index (χ1) is 8.69. The molecule has 0 radical (unpaired) electrons. The number of nitrogen functional groups attached to an aromatic ring is 1. The van der Waals surface area contributed by atoms with E-state index in [4.69, 9.17) is 15.2 Å². The van der Waals surface area contributed by atoms with Crippen molar-refractivity contribution in [3.05, 3.63) is 36.4 Å². The summed E-state index contributed by atoms with van der Waals surface area (Å²) in [6.45, 7) is 8.46. The second-order valence-electron chi connectivity index (χ2n) is 4.94. The lowest BCUT2D eigenvalue weighted by Crippen LogP contribution is -2.28. The van der Waals surface area contributed by atoms with Crippen LogP contribution in [0.3, 0.4) is 0 Å². The number of carbonyl (C=O) groups is 2. The highest BCUT2D eigenvalue weighted by molar-refractivity contribution is 6.14. The summed E-state index contributed by atoms with van der Waals surface area (Å²) in [7, 11) is 0. The standard InChI is InChI=1S/C14H17NO4/c1-9(13(17)19-14(2,3)4)12(16)18-11-7-5-6-10(15)8-11/h5-8H,1,15H2,2-4H3. The van der Waals surface area contributed by atoms with Crippen molar-refractivity contribution in [1.82, 2.24) is 0 Å². The molecule has 1 rings (SSSR count). The summed E-state index contributed by atoms with van der Waals surface area (Å²) >= 11 is 0. The third-order valence-electron chi connectivity index (χ3n) is 1.96. The fourth-order valence-corrected chi connectivity index (χ4v) is 1.17. The molecule has 0 aliphatic carbocycles. The van der Waals surface area contributed by atoms with Gasteiger partial charge >= 0.3 is 11.9 Å². The monoisotopic (exact) mass is 263 g/mol. The van der Waals surface area contributed by atoms with Crippen LogP contribution < -0.4 is 10.5 Å². The fraction of sp³-hybridized carbons (Fsp3) is 0.286. The van der Waals surface area contributed by atoms with Crippen molar-refractivity contribution >= 4 is 17.6 Å². The molecule has 19 heavy (non-hydrogen) atoms. The Morgan fingerprint density at radius 2 is 1.84 bits per heavy atom. The number of esters is 2. The summed E-state index contributed by atoms with van der Waals surface area (Å²) in [5, 5.41) is 0. The first-order valence-corrected chi connectivity index (χ1v) is 5.69. The average molecular weight is 263 g/mol. The highest BCUT2D eigenvalue weighted by Gasteiger charge is 2.24. The predicted molar refractivity (Wildman–Crippen MR) is 71.5 cm³/mol. The zero-order chi connectivity index (χ0) is 14.6. The quantitative estimate of drug-likeness (QED) is 0.225. The third kappa shape index (κ3) is 4.83. The Bertz CT molecular complexity index is 514. The van der Waals surface area contributed by atoms with Gasteiger partial charge in [0.15, 0.2) is 0 Å². The molecule has 0 saturated heterocycles. The Morgan fingerprint density at radius 3 is 2.37 bits per heavy atom. The molecule has 102 valence electrons. The number of nitrogens with two attached hydrogens (primary N) is 1. The van der Waals surface area contributed by atoms with Crippen LogP contribution in [-0.4, -0.2) is 17.5 Å². The summed E-state index contributed by atoms with van der Waals surface area (Å²) in [6, 6.07) is 6.31. The molecular weight excluding hydrogens is 246 g/mol. The molecule has 0 spiro atoms. The minimum Gasteiger partial charge on any atom is -0.456 e. The van der Waals surface area contributed by atoms with Crippen molar-refractivity contribution in [2.24, 2.45) is 0 Å². The van der Waals surface area contributed by atoms with Gasteiger partial charge in [0.05, 0.1) is 0 Å².